The Kier molecular flexibility index (Phi) is 3.96. The van der Waals surface area contributed by atoms with Crippen molar-refractivity contribution in [2.75, 3.05) is 13.2 Å². The van der Waals surface area contributed by atoms with E-state index in [0.29, 0.717) is 6.04 Å². The number of aromatic nitrogens is 2. The SMILES string of the molecule is CCc1cc(CNC2CCOC2)n(CC)n1. The zero-order valence-electron chi connectivity index (χ0n) is 10.2. The van der Waals surface area contributed by atoms with E-state index in [9.17, 15) is 0 Å². The van der Waals surface area contributed by atoms with E-state index in [1.807, 2.05) is 0 Å². The van der Waals surface area contributed by atoms with Crippen LogP contribution in [0.1, 0.15) is 31.7 Å². The molecule has 2 heterocycles. The smallest absolute Gasteiger partial charge is 0.0625 e. The minimum Gasteiger partial charge on any atom is -0.380 e. The minimum atomic E-state index is 0.519. The topological polar surface area (TPSA) is 39.1 Å². The molecule has 0 aliphatic carbocycles. The largest absolute Gasteiger partial charge is 0.380 e. The first-order chi connectivity index (χ1) is 7.83. The minimum absolute atomic E-state index is 0.519. The molecule has 16 heavy (non-hydrogen) atoms. The van der Waals surface area contributed by atoms with E-state index in [1.165, 1.54) is 11.4 Å². The molecule has 1 aliphatic heterocycles. The number of nitrogens with one attached hydrogen (secondary N) is 1. The Hall–Kier alpha value is -0.870. The summed E-state index contributed by atoms with van der Waals surface area (Å²) in [4.78, 5) is 0. The molecule has 2 rings (SSSR count). The normalized spacial score (nSPS) is 20.5. The first kappa shape index (κ1) is 11.6. The molecule has 4 nitrogen and oxygen atoms in total. The lowest BCUT2D eigenvalue weighted by molar-refractivity contribution is 0.189. The van der Waals surface area contributed by atoms with Crippen molar-refractivity contribution < 1.29 is 4.74 Å². The predicted octanol–water partition coefficient (Wildman–Crippen LogP) is 1.34. The van der Waals surface area contributed by atoms with Crippen LogP contribution in [0, 0.1) is 0 Å². The Morgan fingerprint density at radius 3 is 3.06 bits per heavy atom. The van der Waals surface area contributed by atoms with Crippen molar-refractivity contribution in [2.45, 2.75) is 45.8 Å². The average molecular weight is 223 g/mol. The lowest BCUT2D eigenvalue weighted by atomic mass is 10.2. The number of hydrogen-bond acceptors (Lipinski definition) is 3. The van der Waals surface area contributed by atoms with Gasteiger partial charge in [0.05, 0.1) is 18.0 Å². The van der Waals surface area contributed by atoms with Gasteiger partial charge in [-0.05, 0) is 25.8 Å². The summed E-state index contributed by atoms with van der Waals surface area (Å²) in [6.45, 7) is 7.86. The van der Waals surface area contributed by atoms with Crippen molar-refractivity contribution >= 4 is 0 Å². The summed E-state index contributed by atoms with van der Waals surface area (Å²) >= 11 is 0. The Morgan fingerprint density at radius 2 is 2.44 bits per heavy atom. The summed E-state index contributed by atoms with van der Waals surface area (Å²) in [5.74, 6) is 0. The quantitative estimate of drug-likeness (QED) is 0.819. The van der Waals surface area contributed by atoms with Crippen molar-refractivity contribution in [3.05, 3.63) is 17.5 Å². The molecule has 4 heteroatoms. The highest BCUT2D eigenvalue weighted by molar-refractivity contribution is 5.10. The van der Waals surface area contributed by atoms with Crippen LogP contribution in [0.5, 0.6) is 0 Å². The lowest BCUT2D eigenvalue weighted by Gasteiger charge is -2.10. The summed E-state index contributed by atoms with van der Waals surface area (Å²) in [5, 5.41) is 8.06. The molecular formula is C12H21N3O. The molecule has 1 aromatic rings. The number of hydrogen-bond donors (Lipinski definition) is 1. The van der Waals surface area contributed by atoms with Gasteiger partial charge in [-0.2, -0.15) is 5.10 Å². The molecule has 1 unspecified atom stereocenters. The second-order valence-electron chi connectivity index (χ2n) is 4.24. The van der Waals surface area contributed by atoms with Crippen LogP contribution in [0.25, 0.3) is 0 Å². The van der Waals surface area contributed by atoms with Crippen LogP contribution in [-0.2, 0) is 24.2 Å². The summed E-state index contributed by atoms with van der Waals surface area (Å²) in [6, 6.07) is 2.72. The molecule has 0 saturated carbocycles. The third-order valence-corrected chi connectivity index (χ3v) is 3.08. The fourth-order valence-electron chi connectivity index (χ4n) is 2.05. The molecule has 1 atom stereocenters. The third kappa shape index (κ3) is 2.62. The van der Waals surface area contributed by atoms with Crippen molar-refractivity contribution in [3.8, 4) is 0 Å². The summed E-state index contributed by atoms with van der Waals surface area (Å²) < 4.78 is 7.43. The van der Waals surface area contributed by atoms with Crippen molar-refractivity contribution in [2.24, 2.45) is 0 Å². The van der Waals surface area contributed by atoms with E-state index in [0.717, 1.165) is 39.1 Å². The average Bonchev–Trinajstić information content (AvgIpc) is 2.95. The number of rotatable bonds is 5. The maximum atomic E-state index is 5.34. The van der Waals surface area contributed by atoms with Gasteiger partial charge in [0.2, 0.25) is 0 Å². The highest BCUT2D eigenvalue weighted by atomic mass is 16.5. The van der Waals surface area contributed by atoms with Gasteiger partial charge in [0, 0.05) is 25.7 Å². The Labute approximate surface area is 97.0 Å². The first-order valence-corrected chi connectivity index (χ1v) is 6.20. The van der Waals surface area contributed by atoms with Gasteiger partial charge >= 0.3 is 0 Å². The van der Waals surface area contributed by atoms with Crippen LogP contribution >= 0.6 is 0 Å². The summed E-state index contributed by atoms with van der Waals surface area (Å²) in [7, 11) is 0. The fourth-order valence-corrected chi connectivity index (χ4v) is 2.05. The molecule has 0 amide bonds. The van der Waals surface area contributed by atoms with E-state index in [4.69, 9.17) is 4.74 Å². The standard InChI is InChI=1S/C12H21N3O/c1-3-10-7-12(15(4-2)14-10)8-13-11-5-6-16-9-11/h7,11,13H,3-6,8-9H2,1-2H3. The molecule has 1 N–H and O–H groups in total. The molecule has 0 bridgehead atoms. The van der Waals surface area contributed by atoms with Gasteiger partial charge in [0.15, 0.2) is 0 Å². The van der Waals surface area contributed by atoms with Gasteiger partial charge in [-0.25, -0.2) is 0 Å². The highest BCUT2D eigenvalue weighted by Crippen LogP contribution is 2.08. The molecule has 0 radical (unpaired) electrons. The zero-order chi connectivity index (χ0) is 11.4. The predicted molar refractivity (Wildman–Crippen MR) is 63.3 cm³/mol. The van der Waals surface area contributed by atoms with Crippen molar-refractivity contribution in [3.63, 3.8) is 0 Å². The summed E-state index contributed by atoms with van der Waals surface area (Å²) in [6.07, 6.45) is 2.13. The maximum Gasteiger partial charge on any atom is 0.0625 e. The molecule has 1 fully saturated rings. The molecule has 1 aromatic heterocycles. The molecule has 0 aromatic carbocycles. The first-order valence-electron chi connectivity index (χ1n) is 6.20. The van der Waals surface area contributed by atoms with Crippen LogP contribution in [0.2, 0.25) is 0 Å². The second-order valence-corrected chi connectivity index (χ2v) is 4.24. The molecule has 0 spiro atoms. The van der Waals surface area contributed by atoms with E-state index < -0.39 is 0 Å². The van der Waals surface area contributed by atoms with Crippen LogP contribution in [-0.4, -0.2) is 29.0 Å². The molecule has 1 aliphatic rings. The van der Waals surface area contributed by atoms with Gasteiger partial charge in [-0.3, -0.25) is 4.68 Å². The van der Waals surface area contributed by atoms with Gasteiger partial charge in [-0.1, -0.05) is 6.92 Å². The number of aryl methyl sites for hydroxylation is 2. The van der Waals surface area contributed by atoms with E-state index in [2.05, 4.69) is 35.0 Å². The van der Waals surface area contributed by atoms with Gasteiger partial charge < -0.3 is 10.1 Å². The fraction of sp³-hybridized carbons (Fsp3) is 0.750. The molecule has 90 valence electrons. The third-order valence-electron chi connectivity index (χ3n) is 3.08. The van der Waals surface area contributed by atoms with Crippen LogP contribution in [0.4, 0.5) is 0 Å². The van der Waals surface area contributed by atoms with Crippen LogP contribution in [0.15, 0.2) is 6.07 Å². The van der Waals surface area contributed by atoms with Crippen LogP contribution < -0.4 is 5.32 Å². The second kappa shape index (κ2) is 5.46. The number of ether oxygens (including phenoxy) is 1. The van der Waals surface area contributed by atoms with Gasteiger partial charge in [0.25, 0.3) is 0 Å². The van der Waals surface area contributed by atoms with E-state index >= 15 is 0 Å². The highest BCUT2D eigenvalue weighted by Gasteiger charge is 2.15. The maximum absolute atomic E-state index is 5.34. The van der Waals surface area contributed by atoms with Crippen molar-refractivity contribution in [1.29, 1.82) is 0 Å². The van der Waals surface area contributed by atoms with E-state index in [-0.39, 0.29) is 0 Å². The zero-order valence-corrected chi connectivity index (χ0v) is 10.2. The van der Waals surface area contributed by atoms with Crippen molar-refractivity contribution in [1.82, 2.24) is 15.1 Å². The summed E-state index contributed by atoms with van der Waals surface area (Å²) in [5.41, 5.74) is 2.47. The lowest BCUT2D eigenvalue weighted by Crippen LogP contribution is -2.29. The Morgan fingerprint density at radius 1 is 1.56 bits per heavy atom. The Bertz CT molecular complexity index is 329. The van der Waals surface area contributed by atoms with Crippen LogP contribution in [0.3, 0.4) is 0 Å². The monoisotopic (exact) mass is 223 g/mol. The Balaban J connectivity index is 1.93. The number of nitrogens with zero attached hydrogens (tertiary/aromatic N) is 2. The van der Waals surface area contributed by atoms with Gasteiger partial charge in [-0.15, -0.1) is 0 Å². The molecule has 1 saturated heterocycles. The van der Waals surface area contributed by atoms with E-state index in [1.54, 1.807) is 0 Å². The molecular weight excluding hydrogens is 202 g/mol. The van der Waals surface area contributed by atoms with Gasteiger partial charge in [0.1, 0.15) is 0 Å².